The van der Waals surface area contributed by atoms with Crippen LogP contribution in [0.4, 0.5) is 0 Å². The van der Waals surface area contributed by atoms with Crippen LogP contribution >= 0.6 is 11.3 Å². The first kappa shape index (κ1) is 18.8. The van der Waals surface area contributed by atoms with Crippen molar-refractivity contribution in [3.63, 3.8) is 0 Å². The molecule has 0 aliphatic carbocycles. The van der Waals surface area contributed by atoms with Crippen LogP contribution in [0.15, 0.2) is 21.7 Å². The molecule has 2 saturated heterocycles. The molecule has 8 heteroatoms. The van der Waals surface area contributed by atoms with E-state index in [4.69, 9.17) is 0 Å². The number of hydrogen-bond donors (Lipinski definition) is 0. The fourth-order valence-electron chi connectivity index (χ4n) is 3.82. The summed E-state index contributed by atoms with van der Waals surface area (Å²) >= 11 is 1.25. The molecule has 2 aliphatic heterocycles. The van der Waals surface area contributed by atoms with Crippen molar-refractivity contribution >= 4 is 27.3 Å². The molecule has 2 fully saturated rings. The van der Waals surface area contributed by atoms with Gasteiger partial charge in [-0.3, -0.25) is 9.69 Å². The van der Waals surface area contributed by atoms with E-state index in [9.17, 15) is 13.2 Å². The van der Waals surface area contributed by atoms with E-state index in [0.717, 1.165) is 13.1 Å². The summed E-state index contributed by atoms with van der Waals surface area (Å²) in [6.45, 7) is 8.58. The van der Waals surface area contributed by atoms with Crippen molar-refractivity contribution in [2.45, 2.75) is 24.5 Å². The zero-order chi connectivity index (χ0) is 18.0. The van der Waals surface area contributed by atoms with Crippen LogP contribution in [0.1, 0.15) is 20.3 Å². The number of rotatable bonds is 4. The van der Waals surface area contributed by atoms with Crippen LogP contribution in [0, 0.1) is 11.8 Å². The van der Waals surface area contributed by atoms with Gasteiger partial charge in [0.1, 0.15) is 4.21 Å². The molecule has 140 valence electrons. The molecule has 6 nitrogen and oxygen atoms in total. The van der Waals surface area contributed by atoms with Crippen molar-refractivity contribution in [1.29, 1.82) is 0 Å². The molecule has 0 radical (unpaired) electrons. The van der Waals surface area contributed by atoms with E-state index in [1.165, 1.54) is 22.1 Å². The maximum atomic E-state index is 12.6. The molecule has 0 bridgehead atoms. The number of carbonyl (C=O) groups is 1. The van der Waals surface area contributed by atoms with Gasteiger partial charge >= 0.3 is 0 Å². The highest BCUT2D eigenvalue weighted by atomic mass is 32.2. The summed E-state index contributed by atoms with van der Waals surface area (Å²) in [5.74, 6) is 1.29. The largest absolute Gasteiger partial charge is 0.341 e. The van der Waals surface area contributed by atoms with Crippen LogP contribution < -0.4 is 0 Å². The minimum atomic E-state index is -3.38. The number of piperidine rings is 1. The zero-order valence-corrected chi connectivity index (χ0v) is 16.6. The molecule has 0 saturated carbocycles. The Labute approximate surface area is 154 Å². The second kappa shape index (κ2) is 7.73. The van der Waals surface area contributed by atoms with Gasteiger partial charge in [-0.25, -0.2) is 8.42 Å². The molecule has 2 atom stereocenters. The molecule has 0 N–H and O–H groups in total. The van der Waals surface area contributed by atoms with Crippen molar-refractivity contribution in [2.75, 3.05) is 45.8 Å². The van der Waals surface area contributed by atoms with Crippen molar-refractivity contribution in [2.24, 2.45) is 11.8 Å². The molecule has 25 heavy (non-hydrogen) atoms. The van der Waals surface area contributed by atoms with Gasteiger partial charge in [-0.2, -0.15) is 4.31 Å². The van der Waals surface area contributed by atoms with E-state index < -0.39 is 10.0 Å². The maximum Gasteiger partial charge on any atom is 0.252 e. The number of sulfonamides is 1. The first-order chi connectivity index (χ1) is 11.9. The zero-order valence-electron chi connectivity index (χ0n) is 14.9. The third-order valence-electron chi connectivity index (χ3n) is 5.00. The average molecular weight is 386 g/mol. The molecule has 2 aliphatic rings. The number of carbonyl (C=O) groups excluding carboxylic acids is 1. The number of hydrogen-bond acceptors (Lipinski definition) is 5. The van der Waals surface area contributed by atoms with Gasteiger partial charge in [-0.15, -0.1) is 11.3 Å². The lowest BCUT2D eigenvalue weighted by Crippen LogP contribution is -2.52. The SMILES string of the molecule is CC1CC(C)CN(C(=O)CN2CCN(S(=O)(=O)c3cccs3)CC2)C1. The Bertz CT molecular complexity index is 672. The first-order valence-corrected chi connectivity index (χ1v) is 11.2. The average Bonchev–Trinajstić information content (AvgIpc) is 3.09. The lowest BCUT2D eigenvalue weighted by atomic mass is 9.92. The van der Waals surface area contributed by atoms with E-state index in [-0.39, 0.29) is 5.91 Å². The van der Waals surface area contributed by atoms with E-state index in [1.807, 2.05) is 4.90 Å². The minimum absolute atomic E-state index is 0.174. The van der Waals surface area contributed by atoms with Gasteiger partial charge in [0.25, 0.3) is 10.0 Å². The van der Waals surface area contributed by atoms with Gasteiger partial charge in [0, 0.05) is 39.3 Å². The summed E-state index contributed by atoms with van der Waals surface area (Å²) in [7, 11) is -3.38. The molecular formula is C17H27N3O3S2. The highest BCUT2D eigenvalue weighted by Crippen LogP contribution is 2.23. The van der Waals surface area contributed by atoms with E-state index in [0.29, 0.717) is 48.8 Å². The van der Waals surface area contributed by atoms with Crippen LogP contribution in [0.3, 0.4) is 0 Å². The third kappa shape index (κ3) is 4.42. The highest BCUT2D eigenvalue weighted by Gasteiger charge is 2.31. The van der Waals surface area contributed by atoms with Crippen LogP contribution in [0.5, 0.6) is 0 Å². The Morgan fingerprint density at radius 3 is 2.36 bits per heavy atom. The monoisotopic (exact) mass is 385 g/mol. The smallest absolute Gasteiger partial charge is 0.252 e. The standard InChI is InChI=1S/C17H27N3O3S2/c1-14-10-15(2)12-19(11-14)16(21)13-18-5-7-20(8-6-18)25(22,23)17-4-3-9-24-17/h3-4,9,14-15H,5-8,10-13H2,1-2H3. The van der Waals surface area contributed by atoms with Crippen molar-refractivity contribution in [3.05, 3.63) is 17.5 Å². The van der Waals surface area contributed by atoms with Gasteiger partial charge in [-0.05, 0) is 29.7 Å². The summed E-state index contributed by atoms with van der Waals surface area (Å²) in [5.41, 5.74) is 0. The normalized spacial score (nSPS) is 26.7. The lowest BCUT2D eigenvalue weighted by Gasteiger charge is -2.38. The quantitative estimate of drug-likeness (QED) is 0.789. The predicted molar refractivity (Wildman–Crippen MR) is 99.0 cm³/mol. The van der Waals surface area contributed by atoms with Crippen molar-refractivity contribution in [3.8, 4) is 0 Å². The molecular weight excluding hydrogens is 358 g/mol. The molecule has 1 amide bonds. The van der Waals surface area contributed by atoms with Crippen LogP contribution in [-0.4, -0.2) is 74.2 Å². The molecule has 1 aromatic heterocycles. The first-order valence-electron chi connectivity index (χ1n) is 8.90. The number of likely N-dealkylation sites (tertiary alicyclic amines) is 1. The Balaban J connectivity index is 1.52. The summed E-state index contributed by atoms with van der Waals surface area (Å²) < 4.78 is 27.0. The molecule has 1 aromatic rings. The van der Waals surface area contributed by atoms with E-state index >= 15 is 0 Å². The fraction of sp³-hybridized carbons (Fsp3) is 0.706. The van der Waals surface area contributed by atoms with E-state index in [2.05, 4.69) is 18.7 Å². The van der Waals surface area contributed by atoms with Crippen LogP contribution in [0.2, 0.25) is 0 Å². The maximum absolute atomic E-state index is 12.6. The van der Waals surface area contributed by atoms with Gasteiger partial charge < -0.3 is 4.90 Å². The van der Waals surface area contributed by atoms with Crippen LogP contribution in [-0.2, 0) is 14.8 Å². The second-order valence-corrected chi connectivity index (χ2v) is 10.5. The summed E-state index contributed by atoms with van der Waals surface area (Å²) in [5, 5.41) is 1.78. The summed E-state index contributed by atoms with van der Waals surface area (Å²) in [4.78, 5) is 16.6. The molecule has 2 unspecified atom stereocenters. The molecule has 3 heterocycles. The van der Waals surface area contributed by atoms with Gasteiger partial charge in [0.2, 0.25) is 5.91 Å². The topological polar surface area (TPSA) is 60.9 Å². The fourth-order valence-corrected chi connectivity index (χ4v) is 6.39. The van der Waals surface area contributed by atoms with E-state index in [1.54, 1.807) is 17.5 Å². The Hall–Kier alpha value is -0.960. The molecule has 3 rings (SSSR count). The van der Waals surface area contributed by atoms with Crippen molar-refractivity contribution < 1.29 is 13.2 Å². The number of nitrogens with zero attached hydrogens (tertiary/aromatic N) is 3. The number of piperazine rings is 1. The van der Waals surface area contributed by atoms with Gasteiger partial charge in [0.05, 0.1) is 6.54 Å². The Morgan fingerprint density at radius 1 is 1.16 bits per heavy atom. The highest BCUT2D eigenvalue weighted by molar-refractivity contribution is 7.91. The predicted octanol–water partition coefficient (Wildman–Crippen LogP) is 1.56. The molecule has 0 aromatic carbocycles. The third-order valence-corrected chi connectivity index (χ3v) is 8.27. The molecule has 0 spiro atoms. The van der Waals surface area contributed by atoms with Crippen LogP contribution in [0.25, 0.3) is 0 Å². The number of thiophene rings is 1. The summed E-state index contributed by atoms with van der Waals surface area (Å²) in [6.07, 6.45) is 1.18. The van der Waals surface area contributed by atoms with Gasteiger partial charge in [-0.1, -0.05) is 19.9 Å². The second-order valence-electron chi connectivity index (χ2n) is 7.36. The van der Waals surface area contributed by atoms with Gasteiger partial charge in [0.15, 0.2) is 0 Å². The number of amides is 1. The van der Waals surface area contributed by atoms with Crippen molar-refractivity contribution in [1.82, 2.24) is 14.1 Å². The Morgan fingerprint density at radius 2 is 1.80 bits per heavy atom. The minimum Gasteiger partial charge on any atom is -0.341 e. The Kier molecular flexibility index (Phi) is 5.82. The lowest BCUT2D eigenvalue weighted by molar-refractivity contribution is -0.135. The summed E-state index contributed by atoms with van der Waals surface area (Å²) in [6, 6.07) is 3.40.